The first kappa shape index (κ1) is 27.7. The first-order chi connectivity index (χ1) is 18.8. The highest BCUT2D eigenvalue weighted by Gasteiger charge is 2.69. The highest BCUT2D eigenvalue weighted by Crippen LogP contribution is 2.65. The van der Waals surface area contributed by atoms with E-state index in [4.69, 9.17) is 4.74 Å². The monoisotopic (exact) mass is 541 g/mol. The summed E-state index contributed by atoms with van der Waals surface area (Å²) >= 11 is 0. The van der Waals surface area contributed by atoms with Gasteiger partial charge in [0, 0.05) is 17.8 Å². The molecule has 1 aliphatic carbocycles. The van der Waals surface area contributed by atoms with Crippen molar-refractivity contribution >= 4 is 34.4 Å². The average Bonchev–Trinajstić information content (AvgIpc) is 3.21. The van der Waals surface area contributed by atoms with Crippen LogP contribution in [0.3, 0.4) is 0 Å². The summed E-state index contributed by atoms with van der Waals surface area (Å²) in [6.45, 7) is 14.1. The maximum atomic E-state index is 13.6. The topological polar surface area (TPSA) is 87.7 Å². The van der Waals surface area contributed by atoms with Crippen molar-refractivity contribution in [3.05, 3.63) is 77.4 Å². The van der Waals surface area contributed by atoms with E-state index in [9.17, 15) is 14.4 Å². The summed E-state index contributed by atoms with van der Waals surface area (Å²) in [6.07, 6.45) is -0.470. The Kier molecular flexibility index (Phi) is 6.89. The van der Waals surface area contributed by atoms with Gasteiger partial charge >= 0.3 is 6.09 Å². The number of aryl methyl sites for hydroxylation is 1. The Morgan fingerprint density at radius 2 is 1.73 bits per heavy atom. The number of nitrogens with zero attached hydrogens (tertiary/aromatic N) is 1. The van der Waals surface area contributed by atoms with Crippen LogP contribution in [-0.2, 0) is 9.53 Å². The molecular weight excluding hydrogens is 502 g/mol. The van der Waals surface area contributed by atoms with Gasteiger partial charge in [-0.1, -0.05) is 62.4 Å². The van der Waals surface area contributed by atoms with Crippen LogP contribution < -0.4 is 10.6 Å². The molecule has 2 aliphatic rings. The fourth-order valence-electron chi connectivity index (χ4n) is 6.24. The summed E-state index contributed by atoms with van der Waals surface area (Å²) in [5, 5.41) is 8.34. The first-order valence-corrected chi connectivity index (χ1v) is 14.0. The fraction of sp³-hybridized carbons (Fsp3) is 0.424. The van der Waals surface area contributed by atoms with Gasteiger partial charge in [-0.3, -0.25) is 14.5 Å². The molecule has 3 amide bonds. The van der Waals surface area contributed by atoms with Gasteiger partial charge in [-0.25, -0.2) is 4.79 Å². The lowest BCUT2D eigenvalue weighted by molar-refractivity contribution is -0.121. The quantitative estimate of drug-likeness (QED) is 0.388. The van der Waals surface area contributed by atoms with Gasteiger partial charge < -0.3 is 15.4 Å². The van der Waals surface area contributed by atoms with Crippen LogP contribution in [-0.4, -0.2) is 41.0 Å². The van der Waals surface area contributed by atoms with Gasteiger partial charge in [-0.2, -0.15) is 0 Å². The molecule has 1 heterocycles. The van der Waals surface area contributed by atoms with Gasteiger partial charge in [-0.15, -0.1) is 0 Å². The van der Waals surface area contributed by atoms with E-state index in [1.54, 1.807) is 17.0 Å². The van der Waals surface area contributed by atoms with E-state index in [1.807, 2.05) is 65.0 Å². The molecule has 3 aromatic carbocycles. The number of nitrogens with one attached hydrogen (secondary N) is 2. The molecule has 40 heavy (non-hydrogen) atoms. The third-order valence-corrected chi connectivity index (χ3v) is 8.49. The lowest BCUT2D eigenvalue weighted by Gasteiger charge is -2.32. The molecule has 1 saturated heterocycles. The smallest absolute Gasteiger partial charge is 0.410 e. The number of anilines is 1. The van der Waals surface area contributed by atoms with E-state index in [1.165, 1.54) is 0 Å². The number of amides is 3. The number of benzene rings is 3. The zero-order chi connectivity index (χ0) is 29.0. The Hall–Kier alpha value is -3.87. The van der Waals surface area contributed by atoms with Crippen LogP contribution in [0, 0.1) is 24.2 Å². The van der Waals surface area contributed by atoms with Crippen LogP contribution in [0.15, 0.2) is 60.7 Å². The number of piperidine rings is 1. The first-order valence-electron chi connectivity index (χ1n) is 14.0. The molecule has 0 unspecified atom stereocenters. The summed E-state index contributed by atoms with van der Waals surface area (Å²) in [4.78, 5) is 41.5. The van der Waals surface area contributed by atoms with Crippen molar-refractivity contribution in [1.82, 2.24) is 10.2 Å². The molecule has 1 saturated carbocycles. The molecule has 0 radical (unpaired) electrons. The zero-order valence-electron chi connectivity index (χ0n) is 24.4. The van der Waals surface area contributed by atoms with Gasteiger partial charge in [0.15, 0.2) is 0 Å². The van der Waals surface area contributed by atoms with Crippen molar-refractivity contribution < 1.29 is 19.1 Å². The Bertz CT molecular complexity index is 1480. The summed E-state index contributed by atoms with van der Waals surface area (Å²) in [5.74, 6) is -0.155. The van der Waals surface area contributed by atoms with Gasteiger partial charge in [0.2, 0.25) is 5.91 Å². The second-order valence-corrected chi connectivity index (χ2v) is 12.8. The Morgan fingerprint density at radius 3 is 2.45 bits per heavy atom. The molecule has 210 valence electrons. The predicted molar refractivity (Wildman–Crippen MR) is 157 cm³/mol. The minimum absolute atomic E-state index is 0.0173. The number of ether oxygens (including phenoxy) is 1. The number of hydrogen-bond donors (Lipinski definition) is 2. The van der Waals surface area contributed by atoms with Crippen LogP contribution in [0.4, 0.5) is 10.5 Å². The largest absolute Gasteiger partial charge is 0.444 e. The molecule has 0 spiro atoms. The van der Waals surface area contributed by atoms with E-state index >= 15 is 0 Å². The predicted octanol–water partition coefficient (Wildman–Crippen LogP) is 6.47. The molecular formula is C33H39N3O4. The molecule has 0 aromatic heterocycles. The minimum atomic E-state index is -0.650. The minimum Gasteiger partial charge on any atom is -0.444 e. The standard InChI is InChI=1S/C33H39N3O4/c1-19-15-16-22(17-25(19)29(37)34-20(2)23-14-10-12-21-11-8-9-13-24(21)23)35-30(38)28-27-26(33(27,6)7)18-36(28)31(39)40-32(3,4)5/h8-17,20,26-28H,18H2,1-7H3,(H,34,37)(H,35,38)/t20-,26+,27+,28+/m1/s1. The summed E-state index contributed by atoms with van der Waals surface area (Å²) in [7, 11) is 0. The van der Waals surface area contributed by atoms with Gasteiger partial charge in [0.1, 0.15) is 11.6 Å². The average molecular weight is 542 g/mol. The number of rotatable bonds is 5. The van der Waals surface area contributed by atoms with Gasteiger partial charge in [0.05, 0.1) is 6.04 Å². The molecule has 1 aliphatic heterocycles. The number of hydrogen-bond acceptors (Lipinski definition) is 4. The SMILES string of the molecule is Cc1ccc(NC(=O)[C@@H]2[C@@H]3[C@H](CN2C(=O)OC(C)(C)C)C3(C)C)cc1C(=O)N[C@H](C)c1cccc2ccccc12. The summed E-state index contributed by atoms with van der Waals surface area (Å²) in [5.41, 5.74) is 2.19. The van der Waals surface area contributed by atoms with Crippen LogP contribution >= 0.6 is 0 Å². The Labute approximate surface area is 236 Å². The van der Waals surface area contributed by atoms with E-state index in [0.717, 1.165) is 21.9 Å². The van der Waals surface area contributed by atoms with Crippen molar-refractivity contribution in [3.63, 3.8) is 0 Å². The number of carbonyl (C=O) groups excluding carboxylic acids is 3. The van der Waals surface area contributed by atoms with Crippen molar-refractivity contribution in [3.8, 4) is 0 Å². The summed E-state index contributed by atoms with van der Waals surface area (Å²) in [6, 6.07) is 18.7. The van der Waals surface area contributed by atoms with E-state index in [-0.39, 0.29) is 35.1 Å². The van der Waals surface area contributed by atoms with Crippen molar-refractivity contribution in [2.45, 2.75) is 66.2 Å². The van der Waals surface area contributed by atoms with Crippen molar-refractivity contribution in [2.24, 2.45) is 17.3 Å². The molecule has 4 atom stereocenters. The molecule has 7 heteroatoms. The Balaban J connectivity index is 1.33. The van der Waals surface area contributed by atoms with Crippen molar-refractivity contribution in [2.75, 3.05) is 11.9 Å². The van der Waals surface area contributed by atoms with Crippen LogP contribution in [0.1, 0.15) is 69.1 Å². The maximum absolute atomic E-state index is 13.6. The van der Waals surface area contributed by atoms with E-state index < -0.39 is 17.7 Å². The molecule has 3 aromatic rings. The second kappa shape index (κ2) is 9.95. The number of likely N-dealkylation sites (tertiary alicyclic amines) is 1. The maximum Gasteiger partial charge on any atom is 0.410 e. The van der Waals surface area contributed by atoms with Gasteiger partial charge in [0.25, 0.3) is 5.91 Å². The molecule has 0 bridgehead atoms. The lowest BCUT2D eigenvalue weighted by atomic mass is 9.99. The fourth-order valence-corrected chi connectivity index (χ4v) is 6.24. The molecule has 7 nitrogen and oxygen atoms in total. The van der Waals surface area contributed by atoms with E-state index in [0.29, 0.717) is 17.8 Å². The Morgan fingerprint density at radius 1 is 1.02 bits per heavy atom. The van der Waals surface area contributed by atoms with E-state index in [2.05, 4.69) is 42.7 Å². The molecule has 5 rings (SSSR count). The highest BCUT2D eigenvalue weighted by atomic mass is 16.6. The highest BCUT2D eigenvalue weighted by molar-refractivity contribution is 6.01. The van der Waals surface area contributed by atoms with Crippen LogP contribution in [0.25, 0.3) is 10.8 Å². The summed E-state index contributed by atoms with van der Waals surface area (Å²) < 4.78 is 5.61. The zero-order valence-corrected chi connectivity index (χ0v) is 24.4. The number of carbonyl (C=O) groups is 3. The van der Waals surface area contributed by atoms with Crippen LogP contribution in [0.5, 0.6) is 0 Å². The molecule has 2 fully saturated rings. The number of fused-ring (bicyclic) bond motifs is 2. The third kappa shape index (κ3) is 5.17. The van der Waals surface area contributed by atoms with Crippen molar-refractivity contribution in [1.29, 1.82) is 0 Å². The second-order valence-electron chi connectivity index (χ2n) is 12.8. The lowest BCUT2D eigenvalue weighted by Crippen LogP contribution is -2.49. The molecule has 2 N–H and O–H groups in total. The normalized spacial score (nSPS) is 21.9. The van der Waals surface area contributed by atoms with Gasteiger partial charge in [-0.05, 0) is 85.9 Å². The third-order valence-electron chi connectivity index (χ3n) is 8.49. The van der Waals surface area contributed by atoms with Crippen LogP contribution in [0.2, 0.25) is 0 Å².